The van der Waals surface area contributed by atoms with E-state index in [-0.39, 0.29) is 17.8 Å². The maximum atomic E-state index is 14.9. The summed E-state index contributed by atoms with van der Waals surface area (Å²) in [5.41, 5.74) is 1.41. The van der Waals surface area contributed by atoms with Crippen molar-refractivity contribution in [1.82, 2.24) is 29.1 Å². The molecular weight excluding hydrogens is 468 g/mol. The van der Waals surface area contributed by atoms with Crippen LogP contribution in [0.3, 0.4) is 0 Å². The molecule has 5 rings (SSSR count). The SMILES string of the molecule is Cc1nc2c(F)cc(-c3nc(NC4CCN(SC5CCNCC5)CC4)ncc3F)cc2n1C(C)C. The number of benzene rings is 1. The highest BCUT2D eigenvalue weighted by atomic mass is 32.2. The van der Waals surface area contributed by atoms with Crippen molar-refractivity contribution in [3.8, 4) is 11.3 Å². The molecule has 1 aromatic carbocycles. The topological polar surface area (TPSA) is 70.9 Å². The molecule has 2 aliphatic heterocycles. The number of nitrogens with one attached hydrogen (secondary N) is 2. The van der Waals surface area contributed by atoms with Gasteiger partial charge in [-0.3, -0.25) is 4.31 Å². The summed E-state index contributed by atoms with van der Waals surface area (Å²) < 4.78 is 34.2. The first-order valence-corrected chi connectivity index (χ1v) is 13.3. The van der Waals surface area contributed by atoms with Gasteiger partial charge in [0, 0.05) is 36.0 Å². The third-order valence-electron chi connectivity index (χ3n) is 6.83. The van der Waals surface area contributed by atoms with Crippen LogP contribution >= 0.6 is 11.9 Å². The first-order chi connectivity index (χ1) is 16.9. The Hall–Kier alpha value is -2.30. The molecule has 3 aromatic rings. The Morgan fingerprint density at radius 1 is 1.06 bits per heavy atom. The van der Waals surface area contributed by atoms with Crippen molar-refractivity contribution in [2.45, 2.75) is 63.8 Å². The number of piperidine rings is 2. The molecule has 0 saturated carbocycles. The minimum atomic E-state index is -0.574. The number of fused-ring (bicyclic) bond motifs is 1. The monoisotopic (exact) mass is 501 g/mol. The number of rotatable bonds is 6. The van der Waals surface area contributed by atoms with Crippen LogP contribution in [0.15, 0.2) is 18.3 Å². The molecule has 0 unspecified atom stereocenters. The minimum Gasteiger partial charge on any atom is -0.351 e. The van der Waals surface area contributed by atoms with Gasteiger partial charge in [0.1, 0.15) is 17.0 Å². The Bertz CT molecular complexity index is 1180. The zero-order chi connectivity index (χ0) is 24.5. The average molecular weight is 502 g/mol. The number of nitrogens with zero attached hydrogens (tertiary/aromatic N) is 5. The van der Waals surface area contributed by atoms with Crippen molar-refractivity contribution in [3.63, 3.8) is 0 Å². The summed E-state index contributed by atoms with van der Waals surface area (Å²) in [4.78, 5) is 13.0. The van der Waals surface area contributed by atoms with E-state index in [9.17, 15) is 8.78 Å². The van der Waals surface area contributed by atoms with Crippen LogP contribution < -0.4 is 10.6 Å². The highest BCUT2D eigenvalue weighted by Crippen LogP contribution is 2.31. The van der Waals surface area contributed by atoms with Crippen LogP contribution in [-0.4, -0.2) is 61.3 Å². The molecule has 35 heavy (non-hydrogen) atoms. The van der Waals surface area contributed by atoms with Gasteiger partial charge in [0.25, 0.3) is 0 Å². The Kier molecular flexibility index (Phi) is 7.22. The molecule has 2 aromatic heterocycles. The van der Waals surface area contributed by atoms with E-state index in [1.807, 2.05) is 37.3 Å². The largest absolute Gasteiger partial charge is 0.351 e. The molecule has 0 radical (unpaired) electrons. The van der Waals surface area contributed by atoms with Crippen LogP contribution in [0, 0.1) is 18.6 Å². The normalized spacial score (nSPS) is 18.6. The van der Waals surface area contributed by atoms with Crippen molar-refractivity contribution in [2.24, 2.45) is 0 Å². The van der Waals surface area contributed by atoms with E-state index in [2.05, 4.69) is 29.9 Å². The summed E-state index contributed by atoms with van der Waals surface area (Å²) in [6, 6.07) is 3.40. The quantitative estimate of drug-likeness (QED) is 0.464. The number of anilines is 1. The predicted molar refractivity (Wildman–Crippen MR) is 137 cm³/mol. The summed E-state index contributed by atoms with van der Waals surface area (Å²) in [7, 11) is 0. The molecular formula is C25H33F2N7S. The van der Waals surface area contributed by atoms with Gasteiger partial charge in [-0.25, -0.2) is 23.7 Å². The Morgan fingerprint density at radius 3 is 2.51 bits per heavy atom. The Labute approximate surface area is 209 Å². The third kappa shape index (κ3) is 5.29. The van der Waals surface area contributed by atoms with E-state index in [1.54, 1.807) is 6.07 Å². The molecule has 2 saturated heterocycles. The van der Waals surface area contributed by atoms with Crippen LogP contribution in [0.4, 0.5) is 14.7 Å². The van der Waals surface area contributed by atoms with Crippen LogP contribution in [0.5, 0.6) is 0 Å². The van der Waals surface area contributed by atoms with Crippen molar-refractivity contribution in [2.75, 3.05) is 31.5 Å². The lowest BCUT2D eigenvalue weighted by Gasteiger charge is -2.34. The van der Waals surface area contributed by atoms with E-state index in [0.717, 1.165) is 44.8 Å². The van der Waals surface area contributed by atoms with E-state index < -0.39 is 11.6 Å². The smallest absolute Gasteiger partial charge is 0.223 e. The summed E-state index contributed by atoms with van der Waals surface area (Å²) in [5, 5.41) is 7.51. The van der Waals surface area contributed by atoms with Gasteiger partial charge in [0.2, 0.25) is 5.95 Å². The average Bonchev–Trinajstić information content (AvgIpc) is 3.19. The molecule has 2 N–H and O–H groups in total. The fourth-order valence-electron chi connectivity index (χ4n) is 5.10. The van der Waals surface area contributed by atoms with Gasteiger partial charge in [-0.1, -0.05) is 11.9 Å². The summed E-state index contributed by atoms with van der Waals surface area (Å²) in [6.07, 6.45) is 5.56. The summed E-state index contributed by atoms with van der Waals surface area (Å²) in [5.74, 6) is 0.0436. The van der Waals surface area contributed by atoms with Gasteiger partial charge >= 0.3 is 0 Å². The van der Waals surface area contributed by atoms with Gasteiger partial charge in [0.15, 0.2) is 11.6 Å². The van der Waals surface area contributed by atoms with Crippen LogP contribution in [0.25, 0.3) is 22.3 Å². The van der Waals surface area contributed by atoms with E-state index >= 15 is 0 Å². The number of imidazole rings is 1. The molecule has 188 valence electrons. The van der Waals surface area contributed by atoms with Crippen LogP contribution in [-0.2, 0) is 0 Å². The number of hydrogen-bond donors (Lipinski definition) is 2. The van der Waals surface area contributed by atoms with Crippen molar-refractivity contribution in [3.05, 3.63) is 35.8 Å². The third-order valence-corrected chi connectivity index (χ3v) is 8.26. The van der Waals surface area contributed by atoms with Crippen LogP contribution in [0.2, 0.25) is 0 Å². The van der Waals surface area contributed by atoms with Crippen molar-refractivity contribution in [1.29, 1.82) is 0 Å². The molecule has 10 heteroatoms. The van der Waals surface area contributed by atoms with E-state index in [0.29, 0.717) is 27.8 Å². The zero-order valence-corrected chi connectivity index (χ0v) is 21.3. The molecule has 0 aliphatic carbocycles. The molecule has 2 aliphatic rings. The fraction of sp³-hybridized carbons (Fsp3) is 0.560. The highest BCUT2D eigenvalue weighted by Gasteiger charge is 2.24. The second-order valence-electron chi connectivity index (χ2n) is 9.74. The van der Waals surface area contributed by atoms with E-state index in [1.165, 1.54) is 25.1 Å². The molecule has 4 heterocycles. The second-order valence-corrected chi connectivity index (χ2v) is 11.1. The van der Waals surface area contributed by atoms with Gasteiger partial charge in [-0.05, 0) is 71.7 Å². The molecule has 0 atom stereocenters. The molecule has 2 fully saturated rings. The Balaban J connectivity index is 1.31. The second kappa shape index (κ2) is 10.4. The lowest BCUT2D eigenvalue weighted by molar-refractivity contribution is 0.353. The van der Waals surface area contributed by atoms with Crippen LogP contribution in [0.1, 0.15) is 51.4 Å². The number of hydrogen-bond acceptors (Lipinski definition) is 7. The minimum absolute atomic E-state index is 0.0939. The molecule has 0 bridgehead atoms. The standard InChI is InChI=1S/C25H33F2N7S/c1-15(2)34-16(3)30-24-20(26)12-17(13-22(24)34)23-21(27)14-29-25(32-23)31-18-6-10-33(11-7-18)35-19-4-8-28-9-5-19/h12-15,18-19,28H,4-11H2,1-3H3,(H,29,31,32). The Morgan fingerprint density at radius 2 is 1.80 bits per heavy atom. The van der Waals surface area contributed by atoms with Crippen molar-refractivity contribution >= 4 is 28.9 Å². The van der Waals surface area contributed by atoms with Gasteiger partial charge in [-0.15, -0.1) is 0 Å². The fourth-order valence-corrected chi connectivity index (χ4v) is 6.39. The summed E-state index contributed by atoms with van der Waals surface area (Å²) >= 11 is 2.00. The first kappa shape index (κ1) is 24.4. The van der Waals surface area contributed by atoms with Crippen molar-refractivity contribution < 1.29 is 8.78 Å². The molecule has 7 nitrogen and oxygen atoms in total. The predicted octanol–water partition coefficient (Wildman–Crippen LogP) is 4.94. The first-order valence-electron chi connectivity index (χ1n) is 12.5. The maximum absolute atomic E-state index is 14.9. The van der Waals surface area contributed by atoms with Gasteiger partial charge in [-0.2, -0.15) is 0 Å². The van der Waals surface area contributed by atoms with E-state index in [4.69, 9.17) is 0 Å². The number of halogens is 2. The summed E-state index contributed by atoms with van der Waals surface area (Å²) in [6.45, 7) is 10.1. The highest BCUT2D eigenvalue weighted by molar-refractivity contribution is 7.97. The van der Waals surface area contributed by atoms with Gasteiger partial charge < -0.3 is 15.2 Å². The lowest BCUT2D eigenvalue weighted by atomic mass is 10.1. The molecule has 0 spiro atoms. The number of aromatic nitrogens is 4. The number of aryl methyl sites for hydroxylation is 1. The van der Waals surface area contributed by atoms with Gasteiger partial charge in [0.05, 0.1) is 11.7 Å². The zero-order valence-electron chi connectivity index (χ0n) is 20.5. The maximum Gasteiger partial charge on any atom is 0.223 e. The lowest BCUT2D eigenvalue weighted by Crippen LogP contribution is -2.38. The molecule has 0 amide bonds.